The van der Waals surface area contributed by atoms with E-state index in [0.717, 1.165) is 16.3 Å². The lowest BCUT2D eigenvalue weighted by molar-refractivity contribution is -0.141. The third-order valence-electron chi connectivity index (χ3n) is 4.76. The molecule has 3 aromatic rings. The second-order valence-corrected chi connectivity index (χ2v) is 8.10. The number of ether oxygens (including phenoxy) is 1. The third-order valence-corrected chi connectivity index (χ3v) is 5.73. The van der Waals surface area contributed by atoms with Crippen LogP contribution in [0.4, 0.5) is 18.9 Å². The van der Waals surface area contributed by atoms with Crippen molar-refractivity contribution in [2.45, 2.75) is 31.2 Å². The van der Waals surface area contributed by atoms with E-state index in [-0.39, 0.29) is 29.8 Å². The average Bonchev–Trinajstić information content (AvgIpc) is 3.20. The number of carbonyl (C=O) groups excluding carboxylic acids is 1. The van der Waals surface area contributed by atoms with Crippen LogP contribution in [-0.2, 0) is 11.3 Å². The molecule has 10 heteroatoms. The molecule has 0 fully saturated rings. The van der Waals surface area contributed by atoms with Crippen molar-refractivity contribution >= 4 is 23.4 Å². The minimum atomic E-state index is -4.45. The molecule has 1 heterocycles. The summed E-state index contributed by atoms with van der Waals surface area (Å²) in [5.74, 6) is 0.171. The van der Waals surface area contributed by atoms with E-state index in [4.69, 9.17) is 10.00 Å². The van der Waals surface area contributed by atoms with Crippen LogP contribution in [0.3, 0.4) is 0 Å². The number of nitriles is 1. The van der Waals surface area contributed by atoms with Crippen molar-refractivity contribution in [3.8, 4) is 23.1 Å². The van der Waals surface area contributed by atoms with Gasteiger partial charge in [0.1, 0.15) is 12.3 Å². The highest BCUT2D eigenvalue weighted by Gasteiger charge is 2.31. The number of nitrogens with zero attached hydrogens (tertiary/aromatic N) is 4. The molecule has 0 bridgehead atoms. The normalized spacial score (nSPS) is 11.1. The highest BCUT2D eigenvalue weighted by molar-refractivity contribution is 7.99. The highest BCUT2D eigenvalue weighted by Crippen LogP contribution is 2.30. The maximum absolute atomic E-state index is 13.3. The van der Waals surface area contributed by atoms with E-state index in [2.05, 4.69) is 4.98 Å². The molecule has 0 atom stereocenters. The fraction of sp³-hybridized carbons (Fsp3) is 0.292. The van der Waals surface area contributed by atoms with Gasteiger partial charge < -0.3 is 14.2 Å². The Morgan fingerprint density at radius 3 is 2.50 bits per heavy atom. The molecule has 0 radical (unpaired) electrons. The second kappa shape index (κ2) is 11.6. The predicted octanol–water partition coefficient (Wildman–Crippen LogP) is 5.55. The van der Waals surface area contributed by atoms with Crippen LogP contribution in [0.25, 0.3) is 11.3 Å². The fourth-order valence-electron chi connectivity index (χ4n) is 3.30. The molecule has 0 aliphatic rings. The minimum Gasteiger partial charge on any atom is -0.494 e. The molecule has 0 aliphatic heterocycles. The summed E-state index contributed by atoms with van der Waals surface area (Å²) >= 11 is 0.932. The standard InChI is InChI=1S/C24H23F3N4O2S/c1-2-33-20-11-9-19(10-12-20)30(14-6-13-28)22(32)16-34-23-29-15-21(18-7-4-3-5-8-18)31(23)17-24(25,26)27/h3-5,7-12,15H,2,6,14,16-17H2,1H3. The maximum Gasteiger partial charge on any atom is 0.406 e. The molecular formula is C24H23F3N4O2S. The lowest BCUT2D eigenvalue weighted by atomic mass is 10.2. The quantitative estimate of drug-likeness (QED) is 0.350. The van der Waals surface area contributed by atoms with Gasteiger partial charge in [0, 0.05) is 12.2 Å². The molecule has 0 spiro atoms. The summed E-state index contributed by atoms with van der Waals surface area (Å²) in [4.78, 5) is 18.6. The molecule has 0 unspecified atom stereocenters. The Labute approximate surface area is 200 Å². The Hall–Kier alpha value is -3.45. The van der Waals surface area contributed by atoms with Gasteiger partial charge in [0.25, 0.3) is 0 Å². The first kappa shape index (κ1) is 25.2. The number of alkyl halides is 3. The summed E-state index contributed by atoms with van der Waals surface area (Å²) in [6.45, 7) is 1.31. The first-order valence-electron chi connectivity index (χ1n) is 10.5. The molecule has 0 N–H and O–H groups in total. The summed E-state index contributed by atoms with van der Waals surface area (Å²) in [5.41, 5.74) is 1.50. The maximum atomic E-state index is 13.3. The van der Waals surface area contributed by atoms with E-state index in [1.807, 2.05) is 13.0 Å². The van der Waals surface area contributed by atoms with Crippen molar-refractivity contribution in [1.82, 2.24) is 9.55 Å². The summed E-state index contributed by atoms with van der Waals surface area (Å²) in [6.07, 6.45) is -2.96. The Kier molecular flexibility index (Phi) is 8.60. The molecule has 6 nitrogen and oxygen atoms in total. The van der Waals surface area contributed by atoms with Gasteiger partial charge in [-0.25, -0.2) is 4.98 Å². The first-order chi connectivity index (χ1) is 16.3. The minimum absolute atomic E-state index is 0.0939. The zero-order valence-electron chi connectivity index (χ0n) is 18.5. The number of halogens is 3. The van der Waals surface area contributed by atoms with Crippen LogP contribution in [0.1, 0.15) is 13.3 Å². The smallest absolute Gasteiger partial charge is 0.406 e. The number of hydrogen-bond donors (Lipinski definition) is 0. The third kappa shape index (κ3) is 6.78. The summed E-state index contributed by atoms with van der Waals surface area (Å²) in [5, 5.41) is 9.08. The van der Waals surface area contributed by atoms with E-state index in [1.54, 1.807) is 54.6 Å². The van der Waals surface area contributed by atoms with Gasteiger partial charge in [0.05, 0.1) is 36.7 Å². The molecular weight excluding hydrogens is 465 g/mol. The van der Waals surface area contributed by atoms with Crippen molar-refractivity contribution in [2.24, 2.45) is 0 Å². The Morgan fingerprint density at radius 2 is 1.88 bits per heavy atom. The van der Waals surface area contributed by atoms with Gasteiger partial charge in [0.2, 0.25) is 5.91 Å². The largest absolute Gasteiger partial charge is 0.494 e. The molecule has 0 aliphatic carbocycles. The van der Waals surface area contributed by atoms with Crippen molar-refractivity contribution in [1.29, 1.82) is 5.26 Å². The van der Waals surface area contributed by atoms with Crippen molar-refractivity contribution in [3.63, 3.8) is 0 Å². The average molecular weight is 489 g/mol. The van der Waals surface area contributed by atoms with Gasteiger partial charge in [-0.15, -0.1) is 0 Å². The van der Waals surface area contributed by atoms with Crippen LogP contribution in [0.5, 0.6) is 5.75 Å². The molecule has 2 aromatic carbocycles. The zero-order valence-corrected chi connectivity index (χ0v) is 19.3. The number of hydrogen-bond acceptors (Lipinski definition) is 5. The van der Waals surface area contributed by atoms with Crippen molar-refractivity contribution in [3.05, 3.63) is 60.8 Å². The first-order valence-corrected chi connectivity index (χ1v) is 11.5. The summed E-state index contributed by atoms with van der Waals surface area (Å²) < 4.78 is 46.4. The van der Waals surface area contributed by atoms with Gasteiger partial charge in [-0.2, -0.15) is 18.4 Å². The molecule has 0 saturated carbocycles. The van der Waals surface area contributed by atoms with E-state index in [0.29, 0.717) is 29.3 Å². The monoisotopic (exact) mass is 488 g/mol. The van der Waals surface area contributed by atoms with Crippen LogP contribution in [0, 0.1) is 11.3 Å². The number of benzene rings is 2. The van der Waals surface area contributed by atoms with Gasteiger partial charge in [-0.05, 0) is 36.8 Å². The summed E-state index contributed by atoms with van der Waals surface area (Å²) in [6, 6.07) is 17.6. The number of amides is 1. The van der Waals surface area contributed by atoms with Crippen molar-refractivity contribution in [2.75, 3.05) is 23.8 Å². The SMILES string of the molecule is CCOc1ccc(N(CCC#N)C(=O)CSc2ncc(-c3ccccc3)n2CC(F)(F)F)cc1. The number of aromatic nitrogens is 2. The highest BCUT2D eigenvalue weighted by atomic mass is 32.2. The summed E-state index contributed by atoms with van der Waals surface area (Å²) in [7, 11) is 0. The van der Waals surface area contributed by atoms with E-state index < -0.39 is 12.7 Å². The molecule has 1 aromatic heterocycles. The Bertz CT molecular complexity index is 1130. The number of thioether (sulfide) groups is 1. The Balaban J connectivity index is 1.81. The topological polar surface area (TPSA) is 71.2 Å². The van der Waals surface area contributed by atoms with Gasteiger partial charge in [0.15, 0.2) is 5.16 Å². The van der Waals surface area contributed by atoms with Gasteiger partial charge >= 0.3 is 6.18 Å². The van der Waals surface area contributed by atoms with Crippen LogP contribution >= 0.6 is 11.8 Å². The van der Waals surface area contributed by atoms with E-state index >= 15 is 0 Å². The van der Waals surface area contributed by atoms with E-state index in [1.165, 1.54) is 11.1 Å². The van der Waals surface area contributed by atoms with Crippen LogP contribution in [0.2, 0.25) is 0 Å². The van der Waals surface area contributed by atoms with Crippen LogP contribution < -0.4 is 9.64 Å². The molecule has 1 amide bonds. The van der Waals surface area contributed by atoms with Crippen LogP contribution in [0.15, 0.2) is 66.0 Å². The molecule has 3 rings (SSSR count). The van der Waals surface area contributed by atoms with E-state index in [9.17, 15) is 18.0 Å². The second-order valence-electron chi connectivity index (χ2n) is 7.16. The molecule has 178 valence electrons. The Morgan fingerprint density at radius 1 is 1.18 bits per heavy atom. The number of imidazole rings is 1. The lowest BCUT2D eigenvalue weighted by Crippen LogP contribution is -2.33. The molecule has 0 saturated heterocycles. The number of anilines is 1. The zero-order chi connectivity index (χ0) is 24.6. The number of rotatable bonds is 10. The van der Waals surface area contributed by atoms with Crippen molar-refractivity contribution < 1.29 is 22.7 Å². The van der Waals surface area contributed by atoms with Gasteiger partial charge in [-0.3, -0.25) is 4.79 Å². The lowest BCUT2D eigenvalue weighted by Gasteiger charge is -2.22. The van der Waals surface area contributed by atoms with Crippen LogP contribution in [-0.4, -0.2) is 40.5 Å². The number of carbonyl (C=O) groups is 1. The van der Waals surface area contributed by atoms with Gasteiger partial charge in [-0.1, -0.05) is 42.1 Å². The predicted molar refractivity (Wildman–Crippen MR) is 125 cm³/mol. The fourth-order valence-corrected chi connectivity index (χ4v) is 4.15. The molecule has 34 heavy (non-hydrogen) atoms.